The monoisotopic (exact) mass is 415 g/mol. The summed E-state index contributed by atoms with van der Waals surface area (Å²) in [6.45, 7) is 10.0. The first kappa shape index (κ1) is 21.6. The third-order valence-electron chi connectivity index (χ3n) is 8.78. The van der Waals surface area contributed by atoms with Crippen LogP contribution < -0.4 is 5.32 Å². The van der Waals surface area contributed by atoms with Crippen LogP contribution in [0.4, 0.5) is 0 Å². The number of carboxylic acid groups (broad SMARTS) is 1. The molecule has 166 valence electrons. The van der Waals surface area contributed by atoms with E-state index < -0.39 is 17.4 Å². The lowest BCUT2D eigenvalue weighted by Crippen LogP contribution is -2.57. The molecule has 0 spiro atoms. The van der Waals surface area contributed by atoms with Crippen molar-refractivity contribution in [2.24, 2.45) is 34.0 Å². The highest BCUT2D eigenvalue weighted by atomic mass is 16.4. The van der Waals surface area contributed by atoms with Crippen LogP contribution >= 0.6 is 0 Å². The van der Waals surface area contributed by atoms with Crippen LogP contribution in [0.5, 0.6) is 0 Å². The maximum Gasteiger partial charge on any atom is 0.333 e. The molecule has 0 aromatic carbocycles. The van der Waals surface area contributed by atoms with Gasteiger partial charge in [0.15, 0.2) is 0 Å². The SMILES string of the molecule is CC(C)(C)C(=O)NC1C[C@@]2(C)C(=CCC3C4CCC[C@@]4(C)CC(O)C32)C=C1C(=O)O. The van der Waals surface area contributed by atoms with Crippen LogP contribution in [0, 0.1) is 34.0 Å². The third-order valence-corrected chi connectivity index (χ3v) is 8.78. The van der Waals surface area contributed by atoms with Crippen molar-refractivity contribution in [2.45, 2.75) is 85.3 Å². The van der Waals surface area contributed by atoms with E-state index in [1.807, 2.05) is 20.8 Å². The molecule has 0 bridgehead atoms. The minimum absolute atomic E-state index is 0.106. The van der Waals surface area contributed by atoms with Crippen LogP contribution in [0.15, 0.2) is 23.3 Å². The number of aliphatic carboxylic acids is 1. The highest BCUT2D eigenvalue weighted by Crippen LogP contribution is 2.64. The number of carbonyl (C=O) groups excluding carboxylic acids is 1. The number of fused-ring (bicyclic) bond motifs is 5. The molecule has 5 nitrogen and oxygen atoms in total. The number of allylic oxidation sites excluding steroid dienone is 3. The van der Waals surface area contributed by atoms with Gasteiger partial charge in [0.1, 0.15) is 0 Å². The lowest BCUT2D eigenvalue weighted by atomic mass is 9.47. The molecular formula is C25H37NO4. The molecule has 1 amide bonds. The average Bonchev–Trinajstić information content (AvgIpc) is 3.00. The summed E-state index contributed by atoms with van der Waals surface area (Å²) in [5, 5.41) is 24.2. The molecule has 0 aromatic rings. The number of carbonyl (C=O) groups is 2. The van der Waals surface area contributed by atoms with Gasteiger partial charge in [-0.3, -0.25) is 4.79 Å². The van der Waals surface area contributed by atoms with Crippen molar-refractivity contribution in [1.82, 2.24) is 5.32 Å². The molecule has 0 saturated heterocycles. The minimum atomic E-state index is -0.980. The zero-order chi connectivity index (χ0) is 22.1. The van der Waals surface area contributed by atoms with E-state index in [-0.39, 0.29) is 34.3 Å². The lowest BCUT2D eigenvalue weighted by molar-refractivity contribution is -0.134. The van der Waals surface area contributed by atoms with Crippen molar-refractivity contribution in [2.75, 3.05) is 0 Å². The first-order chi connectivity index (χ1) is 13.9. The molecule has 0 aromatic heterocycles. The Morgan fingerprint density at radius 3 is 2.53 bits per heavy atom. The predicted molar refractivity (Wildman–Crippen MR) is 116 cm³/mol. The smallest absolute Gasteiger partial charge is 0.333 e. The molecule has 5 unspecified atom stereocenters. The first-order valence-electron chi connectivity index (χ1n) is 11.5. The van der Waals surface area contributed by atoms with Crippen molar-refractivity contribution in [3.63, 3.8) is 0 Å². The van der Waals surface area contributed by atoms with Gasteiger partial charge in [0.25, 0.3) is 0 Å². The molecule has 0 radical (unpaired) electrons. The second-order valence-electron chi connectivity index (χ2n) is 11.8. The van der Waals surface area contributed by atoms with Gasteiger partial charge in [-0.05, 0) is 66.9 Å². The third kappa shape index (κ3) is 3.24. The number of amides is 1. The van der Waals surface area contributed by atoms with Gasteiger partial charge in [-0.15, -0.1) is 0 Å². The summed E-state index contributed by atoms with van der Waals surface area (Å²) in [6.07, 6.45) is 9.54. The Labute approximate surface area is 180 Å². The van der Waals surface area contributed by atoms with E-state index in [0.717, 1.165) is 18.4 Å². The van der Waals surface area contributed by atoms with Crippen molar-refractivity contribution >= 4 is 11.9 Å². The van der Waals surface area contributed by atoms with Crippen molar-refractivity contribution in [3.05, 3.63) is 23.3 Å². The zero-order valence-electron chi connectivity index (χ0n) is 19.0. The molecule has 3 N–H and O–H groups in total. The predicted octanol–water partition coefficient (Wildman–Crippen LogP) is 4.07. The fraction of sp³-hybridized carbons (Fsp3) is 0.760. The van der Waals surface area contributed by atoms with Crippen molar-refractivity contribution in [3.8, 4) is 0 Å². The highest BCUT2D eigenvalue weighted by Gasteiger charge is 2.59. The van der Waals surface area contributed by atoms with E-state index in [4.69, 9.17) is 0 Å². The summed E-state index contributed by atoms with van der Waals surface area (Å²) >= 11 is 0. The number of nitrogens with one attached hydrogen (secondary N) is 1. The van der Waals surface area contributed by atoms with E-state index in [1.165, 1.54) is 19.3 Å². The summed E-state index contributed by atoms with van der Waals surface area (Å²) in [6, 6.07) is -0.542. The molecule has 7 atom stereocenters. The van der Waals surface area contributed by atoms with Crippen molar-refractivity contribution in [1.29, 1.82) is 0 Å². The Morgan fingerprint density at radius 2 is 1.90 bits per heavy atom. The normalized spacial score (nSPS) is 42.9. The van der Waals surface area contributed by atoms with Gasteiger partial charge in [-0.1, -0.05) is 47.1 Å². The standard InChI is InChI=1S/C25H37NO4/c1-23(2,3)22(30)26-18-12-25(5)14(11-16(18)21(28)29)8-9-15-17-7-6-10-24(17,4)13-19(27)20(15)25/h8,11,15,17-20,27H,6-7,9-10,12-13H2,1-5H3,(H,26,30)(H,28,29)/t15?,17?,18?,19?,20?,24-,25-/m0/s1. The average molecular weight is 416 g/mol. The minimum Gasteiger partial charge on any atom is -0.478 e. The van der Waals surface area contributed by atoms with Crippen LogP contribution in [-0.4, -0.2) is 34.2 Å². The number of aliphatic hydroxyl groups excluding tert-OH is 1. The first-order valence-corrected chi connectivity index (χ1v) is 11.5. The fourth-order valence-corrected chi connectivity index (χ4v) is 7.28. The van der Waals surface area contributed by atoms with E-state index in [9.17, 15) is 19.8 Å². The molecule has 0 heterocycles. The fourth-order valence-electron chi connectivity index (χ4n) is 7.28. The summed E-state index contributed by atoms with van der Waals surface area (Å²) in [5.74, 6) is 0.0264. The number of hydrogen-bond acceptors (Lipinski definition) is 3. The van der Waals surface area contributed by atoms with Gasteiger partial charge in [0, 0.05) is 10.8 Å². The highest BCUT2D eigenvalue weighted by molar-refractivity contribution is 5.91. The number of aliphatic hydroxyl groups is 1. The Balaban J connectivity index is 1.72. The maximum absolute atomic E-state index is 12.7. The van der Waals surface area contributed by atoms with Gasteiger partial charge in [0.05, 0.1) is 17.7 Å². The molecule has 0 aliphatic heterocycles. The zero-order valence-corrected chi connectivity index (χ0v) is 19.0. The van der Waals surface area contributed by atoms with Gasteiger partial charge >= 0.3 is 5.97 Å². The molecule has 4 aliphatic rings. The number of carboxylic acids is 1. The van der Waals surface area contributed by atoms with Crippen molar-refractivity contribution < 1.29 is 19.8 Å². The molecule has 4 rings (SSSR count). The largest absolute Gasteiger partial charge is 0.478 e. The van der Waals surface area contributed by atoms with Crippen LogP contribution in [-0.2, 0) is 9.59 Å². The van der Waals surface area contributed by atoms with E-state index in [1.54, 1.807) is 6.08 Å². The lowest BCUT2D eigenvalue weighted by Gasteiger charge is -2.58. The van der Waals surface area contributed by atoms with E-state index in [2.05, 4.69) is 25.2 Å². The van der Waals surface area contributed by atoms with Gasteiger partial charge in [-0.2, -0.15) is 0 Å². The van der Waals surface area contributed by atoms with E-state index in [0.29, 0.717) is 18.3 Å². The summed E-state index contributed by atoms with van der Waals surface area (Å²) in [5.41, 5.74) is 0.583. The molecule has 2 fully saturated rings. The van der Waals surface area contributed by atoms with Gasteiger partial charge in [0.2, 0.25) is 5.91 Å². The van der Waals surface area contributed by atoms with Crippen LogP contribution in [0.25, 0.3) is 0 Å². The topological polar surface area (TPSA) is 86.6 Å². The Morgan fingerprint density at radius 1 is 1.20 bits per heavy atom. The van der Waals surface area contributed by atoms with Gasteiger partial charge < -0.3 is 15.5 Å². The quantitative estimate of drug-likeness (QED) is 0.634. The Kier molecular flexibility index (Phi) is 5.00. The van der Waals surface area contributed by atoms with Crippen LogP contribution in [0.2, 0.25) is 0 Å². The second kappa shape index (κ2) is 6.94. The molecule has 5 heteroatoms. The summed E-state index contributed by atoms with van der Waals surface area (Å²) in [7, 11) is 0. The Hall–Kier alpha value is -1.62. The van der Waals surface area contributed by atoms with Crippen LogP contribution in [0.1, 0.15) is 73.1 Å². The Bertz CT molecular complexity index is 821. The molecular weight excluding hydrogens is 378 g/mol. The molecule has 4 aliphatic carbocycles. The summed E-state index contributed by atoms with van der Waals surface area (Å²) < 4.78 is 0. The van der Waals surface area contributed by atoms with E-state index >= 15 is 0 Å². The summed E-state index contributed by atoms with van der Waals surface area (Å²) in [4.78, 5) is 24.7. The van der Waals surface area contributed by atoms with Gasteiger partial charge in [-0.25, -0.2) is 4.79 Å². The number of rotatable bonds is 2. The maximum atomic E-state index is 12.7. The molecule has 2 saturated carbocycles. The molecule has 30 heavy (non-hydrogen) atoms. The van der Waals surface area contributed by atoms with Crippen LogP contribution in [0.3, 0.4) is 0 Å². The second-order valence-corrected chi connectivity index (χ2v) is 11.8. The number of hydrogen-bond donors (Lipinski definition) is 3.